The van der Waals surface area contributed by atoms with E-state index in [2.05, 4.69) is 0 Å². The number of carbonyl (C=O) groups excluding carboxylic acids is 1. The van der Waals surface area contributed by atoms with Gasteiger partial charge in [-0.15, -0.1) is 0 Å². The first-order chi connectivity index (χ1) is 5.66. The Morgan fingerprint density at radius 1 is 1.50 bits per heavy atom. The third-order valence-electron chi connectivity index (χ3n) is 1.44. The zero-order valence-corrected chi connectivity index (χ0v) is 6.24. The number of rotatable bonds is 1. The normalized spacial score (nSPS) is 9.42. The molecule has 0 saturated carbocycles. The lowest BCUT2D eigenvalue weighted by molar-refractivity contribution is 0.0951. The number of amides is 1. The van der Waals surface area contributed by atoms with Crippen LogP contribution in [0.15, 0.2) is 18.2 Å². The van der Waals surface area contributed by atoms with Gasteiger partial charge in [-0.25, -0.2) is 5.84 Å². The molecule has 0 bridgehead atoms. The van der Waals surface area contributed by atoms with Crippen molar-refractivity contribution < 1.29 is 9.90 Å². The van der Waals surface area contributed by atoms with Crippen molar-refractivity contribution in [2.45, 2.75) is 0 Å². The molecule has 0 fully saturated rings. The van der Waals surface area contributed by atoms with Gasteiger partial charge in [-0.3, -0.25) is 10.2 Å². The zero-order valence-electron chi connectivity index (χ0n) is 6.24. The van der Waals surface area contributed by atoms with Crippen LogP contribution in [0, 0.1) is 0 Å². The van der Waals surface area contributed by atoms with Crippen molar-refractivity contribution >= 4 is 11.6 Å². The standard InChI is InChI=1S/C7H9N3O2/c8-5-3-1-2-4(6(5)11)7(12)10-9/h1-3,11H,8-9H2,(H,10,12). The van der Waals surface area contributed by atoms with E-state index in [0.29, 0.717) is 0 Å². The Labute approximate surface area is 69.0 Å². The molecule has 0 aliphatic rings. The summed E-state index contributed by atoms with van der Waals surface area (Å²) in [6, 6.07) is 4.47. The fraction of sp³-hybridized carbons (Fsp3) is 0. The maximum atomic E-state index is 10.9. The summed E-state index contributed by atoms with van der Waals surface area (Å²) in [5.41, 5.74) is 7.45. The SMILES string of the molecule is NNC(=O)c1cccc(N)c1O. The number of nitrogens with two attached hydrogens (primary N) is 2. The summed E-state index contributed by atoms with van der Waals surface area (Å²) < 4.78 is 0. The molecule has 1 amide bonds. The summed E-state index contributed by atoms with van der Waals surface area (Å²) in [6.45, 7) is 0. The number of hydrogen-bond donors (Lipinski definition) is 4. The van der Waals surface area contributed by atoms with Gasteiger partial charge in [-0.1, -0.05) is 6.07 Å². The number of carbonyl (C=O) groups is 1. The lowest BCUT2D eigenvalue weighted by atomic mass is 10.1. The van der Waals surface area contributed by atoms with Gasteiger partial charge >= 0.3 is 0 Å². The van der Waals surface area contributed by atoms with Crippen molar-refractivity contribution in [1.29, 1.82) is 0 Å². The average Bonchev–Trinajstić information content (AvgIpc) is 2.08. The second kappa shape index (κ2) is 3.10. The van der Waals surface area contributed by atoms with Gasteiger partial charge in [0.1, 0.15) is 0 Å². The fourth-order valence-corrected chi connectivity index (χ4v) is 0.822. The third kappa shape index (κ3) is 1.30. The van der Waals surface area contributed by atoms with Crippen molar-refractivity contribution in [2.24, 2.45) is 5.84 Å². The van der Waals surface area contributed by atoms with E-state index in [1.54, 1.807) is 6.07 Å². The highest BCUT2D eigenvalue weighted by Crippen LogP contribution is 2.23. The van der Waals surface area contributed by atoms with E-state index in [1.165, 1.54) is 12.1 Å². The van der Waals surface area contributed by atoms with Crippen LogP contribution in [0.1, 0.15) is 10.4 Å². The number of para-hydroxylation sites is 1. The molecule has 5 nitrogen and oxygen atoms in total. The molecule has 5 heteroatoms. The van der Waals surface area contributed by atoms with Crippen LogP contribution in [0.4, 0.5) is 5.69 Å². The van der Waals surface area contributed by atoms with Crippen molar-refractivity contribution in [3.8, 4) is 5.75 Å². The lowest BCUT2D eigenvalue weighted by Crippen LogP contribution is -2.30. The molecule has 0 aliphatic heterocycles. The van der Waals surface area contributed by atoms with Gasteiger partial charge in [0.15, 0.2) is 5.75 Å². The van der Waals surface area contributed by atoms with E-state index in [0.717, 1.165) is 0 Å². The zero-order chi connectivity index (χ0) is 9.14. The molecule has 0 aromatic heterocycles. The minimum absolute atomic E-state index is 0.0671. The number of benzene rings is 1. The summed E-state index contributed by atoms with van der Waals surface area (Å²) >= 11 is 0. The topological polar surface area (TPSA) is 101 Å². The maximum Gasteiger partial charge on any atom is 0.269 e. The Morgan fingerprint density at radius 2 is 2.17 bits per heavy atom. The molecule has 0 heterocycles. The molecule has 64 valence electrons. The van der Waals surface area contributed by atoms with Gasteiger partial charge in [-0.2, -0.15) is 0 Å². The second-order valence-electron chi connectivity index (χ2n) is 2.22. The number of aromatic hydroxyl groups is 1. The summed E-state index contributed by atoms with van der Waals surface area (Å²) in [7, 11) is 0. The first-order valence-electron chi connectivity index (χ1n) is 3.25. The molecule has 0 atom stereocenters. The fourth-order valence-electron chi connectivity index (χ4n) is 0.822. The van der Waals surface area contributed by atoms with Crippen LogP contribution in [-0.4, -0.2) is 11.0 Å². The summed E-state index contributed by atoms with van der Waals surface area (Å²) in [5.74, 6) is 4.05. The molecule has 6 N–H and O–H groups in total. The summed E-state index contributed by atoms with van der Waals surface area (Å²) in [5, 5.41) is 9.26. The average molecular weight is 167 g/mol. The van der Waals surface area contributed by atoms with Crippen LogP contribution < -0.4 is 17.0 Å². The van der Waals surface area contributed by atoms with Gasteiger partial charge < -0.3 is 10.8 Å². The van der Waals surface area contributed by atoms with E-state index in [9.17, 15) is 9.90 Å². The highest BCUT2D eigenvalue weighted by Gasteiger charge is 2.10. The Hall–Kier alpha value is -1.75. The Kier molecular flexibility index (Phi) is 2.16. The molecular formula is C7H9N3O2. The van der Waals surface area contributed by atoms with E-state index in [1.807, 2.05) is 5.43 Å². The molecule has 1 aromatic rings. The van der Waals surface area contributed by atoms with Crippen molar-refractivity contribution in [3.05, 3.63) is 23.8 Å². The van der Waals surface area contributed by atoms with Gasteiger partial charge in [0, 0.05) is 0 Å². The van der Waals surface area contributed by atoms with E-state index in [-0.39, 0.29) is 17.0 Å². The van der Waals surface area contributed by atoms with Crippen molar-refractivity contribution in [2.75, 3.05) is 5.73 Å². The number of hydrogen-bond acceptors (Lipinski definition) is 4. The molecule has 0 unspecified atom stereocenters. The second-order valence-corrected chi connectivity index (χ2v) is 2.22. The van der Waals surface area contributed by atoms with Crippen molar-refractivity contribution in [1.82, 2.24) is 5.43 Å². The Balaban J connectivity index is 3.16. The lowest BCUT2D eigenvalue weighted by Gasteiger charge is -2.03. The molecule has 0 aliphatic carbocycles. The van der Waals surface area contributed by atoms with Gasteiger partial charge in [0.05, 0.1) is 11.3 Å². The van der Waals surface area contributed by atoms with Gasteiger partial charge in [0.25, 0.3) is 5.91 Å². The van der Waals surface area contributed by atoms with Gasteiger partial charge in [-0.05, 0) is 12.1 Å². The predicted octanol–water partition coefficient (Wildman–Crippen LogP) is -0.422. The molecule has 0 radical (unpaired) electrons. The largest absolute Gasteiger partial charge is 0.505 e. The van der Waals surface area contributed by atoms with Crippen LogP contribution >= 0.6 is 0 Å². The minimum atomic E-state index is -0.570. The van der Waals surface area contributed by atoms with Crippen LogP contribution in [0.25, 0.3) is 0 Å². The van der Waals surface area contributed by atoms with E-state index >= 15 is 0 Å². The summed E-state index contributed by atoms with van der Waals surface area (Å²) in [4.78, 5) is 10.9. The molecule has 12 heavy (non-hydrogen) atoms. The quantitative estimate of drug-likeness (QED) is 0.150. The monoisotopic (exact) mass is 167 g/mol. The van der Waals surface area contributed by atoms with E-state index in [4.69, 9.17) is 11.6 Å². The van der Waals surface area contributed by atoms with Crippen LogP contribution in [0.3, 0.4) is 0 Å². The highest BCUT2D eigenvalue weighted by molar-refractivity contribution is 5.97. The van der Waals surface area contributed by atoms with Gasteiger partial charge in [0.2, 0.25) is 0 Å². The maximum absolute atomic E-state index is 10.9. The number of phenolic OH excluding ortho intramolecular Hbond substituents is 1. The number of nitrogen functional groups attached to an aromatic ring is 2. The summed E-state index contributed by atoms with van der Waals surface area (Å²) in [6.07, 6.45) is 0. The van der Waals surface area contributed by atoms with Crippen LogP contribution in [0.5, 0.6) is 5.75 Å². The van der Waals surface area contributed by atoms with Crippen molar-refractivity contribution in [3.63, 3.8) is 0 Å². The van der Waals surface area contributed by atoms with E-state index < -0.39 is 5.91 Å². The minimum Gasteiger partial charge on any atom is -0.505 e. The van der Waals surface area contributed by atoms with Crippen LogP contribution in [-0.2, 0) is 0 Å². The Bertz CT molecular complexity index is 312. The predicted molar refractivity (Wildman–Crippen MR) is 44.2 cm³/mol. The first kappa shape index (κ1) is 8.35. The smallest absolute Gasteiger partial charge is 0.269 e. The number of nitrogens with one attached hydrogen (secondary N) is 1. The molecule has 1 rings (SSSR count). The molecule has 0 saturated heterocycles. The van der Waals surface area contributed by atoms with Crippen LogP contribution in [0.2, 0.25) is 0 Å². The number of phenols is 1. The highest BCUT2D eigenvalue weighted by atomic mass is 16.3. The molecule has 0 spiro atoms. The number of anilines is 1. The Morgan fingerprint density at radius 3 is 2.75 bits per heavy atom. The molecular weight excluding hydrogens is 158 g/mol. The third-order valence-corrected chi connectivity index (χ3v) is 1.44. The molecule has 1 aromatic carbocycles. The number of hydrazine groups is 1. The first-order valence-corrected chi connectivity index (χ1v) is 3.25.